The van der Waals surface area contributed by atoms with Crippen molar-refractivity contribution < 1.29 is 24.0 Å². The highest BCUT2D eigenvalue weighted by Crippen LogP contribution is 2.30. The van der Waals surface area contributed by atoms with Gasteiger partial charge in [0.25, 0.3) is 5.69 Å². The number of nitro benzene ring substituents is 1. The van der Waals surface area contributed by atoms with Gasteiger partial charge >= 0.3 is 11.9 Å². The zero-order chi connectivity index (χ0) is 19.6. The molecule has 134 valence electrons. The second kappa shape index (κ2) is 6.94. The minimum Gasteiger partial charge on any atom is -0.465 e. The summed E-state index contributed by atoms with van der Waals surface area (Å²) in [5.41, 5.74) is 5.24. The number of ether oxygens (including phenoxy) is 2. The van der Waals surface area contributed by atoms with Gasteiger partial charge in [-0.1, -0.05) is 0 Å². The number of anilines is 1. The van der Waals surface area contributed by atoms with Gasteiger partial charge in [0.2, 0.25) is 0 Å². The van der Waals surface area contributed by atoms with Crippen LogP contribution in [0.4, 0.5) is 11.4 Å². The molecular formula is C16H14N4O6. The molecule has 1 aromatic heterocycles. The molecule has 0 aliphatic carbocycles. The number of aromatic nitrogens is 1. The lowest BCUT2D eigenvalue weighted by molar-refractivity contribution is -0.385. The van der Waals surface area contributed by atoms with Crippen molar-refractivity contribution in [3.8, 4) is 11.8 Å². The van der Waals surface area contributed by atoms with Gasteiger partial charge in [-0.2, -0.15) is 5.26 Å². The second-order valence-corrected chi connectivity index (χ2v) is 5.16. The van der Waals surface area contributed by atoms with E-state index in [1.807, 2.05) is 6.07 Å². The van der Waals surface area contributed by atoms with Crippen LogP contribution in [0.5, 0.6) is 0 Å². The van der Waals surface area contributed by atoms with Crippen LogP contribution in [0.25, 0.3) is 5.69 Å². The number of nitrogens with zero attached hydrogens (tertiary/aromatic N) is 3. The van der Waals surface area contributed by atoms with Crippen molar-refractivity contribution in [3.63, 3.8) is 0 Å². The third-order valence-electron chi connectivity index (χ3n) is 3.79. The molecule has 0 aliphatic rings. The molecule has 2 N–H and O–H groups in total. The monoisotopic (exact) mass is 358 g/mol. The van der Waals surface area contributed by atoms with E-state index in [1.165, 1.54) is 23.8 Å². The van der Waals surface area contributed by atoms with Gasteiger partial charge in [-0.05, 0) is 13.0 Å². The maximum Gasteiger partial charge on any atom is 0.357 e. The molecule has 1 heterocycles. The maximum atomic E-state index is 12.1. The number of benzene rings is 1. The molecule has 0 saturated heterocycles. The molecule has 0 bridgehead atoms. The Hall–Kier alpha value is -3.87. The number of nitro groups is 1. The highest BCUT2D eigenvalue weighted by molar-refractivity contribution is 5.97. The molecule has 26 heavy (non-hydrogen) atoms. The Balaban J connectivity index is 2.87. The molecular weight excluding hydrogens is 344 g/mol. The molecule has 1 aromatic carbocycles. The average Bonchev–Trinajstić information content (AvgIpc) is 2.96. The average molecular weight is 358 g/mol. The van der Waals surface area contributed by atoms with Gasteiger partial charge in [0.1, 0.15) is 6.07 Å². The lowest BCUT2D eigenvalue weighted by atomic mass is 10.1. The van der Waals surface area contributed by atoms with E-state index in [1.54, 1.807) is 0 Å². The predicted octanol–water partition coefficient (Wildman–Crippen LogP) is 1.72. The number of nitrogen functional groups attached to an aromatic ring is 1. The number of carbonyl (C=O) groups excluding carboxylic acids is 2. The Morgan fingerprint density at radius 2 is 1.88 bits per heavy atom. The molecule has 0 atom stereocenters. The third-order valence-corrected chi connectivity index (χ3v) is 3.79. The highest BCUT2D eigenvalue weighted by atomic mass is 16.6. The molecule has 2 aromatic rings. The summed E-state index contributed by atoms with van der Waals surface area (Å²) in [7, 11) is 2.27. The van der Waals surface area contributed by atoms with Crippen LogP contribution in [0.15, 0.2) is 18.3 Å². The summed E-state index contributed by atoms with van der Waals surface area (Å²) in [5, 5.41) is 20.5. The standard InChI is InChI=1S/C16H14N4O6/c1-8-11(15(21)25-2)4-10(5-12(8)20(23)24)19-7-9(6-17)13(18)14(19)16(22)26-3/h4-5,7H,18H2,1-3H3. The van der Waals surface area contributed by atoms with Gasteiger partial charge in [0.15, 0.2) is 5.69 Å². The molecule has 0 saturated carbocycles. The molecule has 0 amide bonds. The van der Waals surface area contributed by atoms with E-state index in [4.69, 9.17) is 11.0 Å². The van der Waals surface area contributed by atoms with Crippen LogP contribution in [-0.2, 0) is 9.47 Å². The number of esters is 2. The van der Waals surface area contributed by atoms with E-state index in [2.05, 4.69) is 9.47 Å². The molecule has 0 aliphatic heterocycles. The maximum absolute atomic E-state index is 12.1. The number of nitrogens with two attached hydrogens (primary N) is 1. The first-order valence-corrected chi connectivity index (χ1v) is 7.13. The molecule has 10 nitrogen and oxygen atoms in total. The van der Waals surface area contributed by atoms with Gasteiger partial charge < -0.3 is 19.8 Å². The minimum absolute atomic E-state index is 0.0201. The number of methoxy groups -OCH3 is 2. The van der Waals surface area contributed by atoms with Crippen molar-refractivity contribution in [1.82, 2.24) is 4.57 Å². The number of hydrogen-bond acceptors (Lipinski definition) is 8. The van der Waals surface area contributed by atoms with E-state index in [-0.39, 0.29) is 39.4 Å². The molecule has 2 rings (SSSR count). The van der Waals surface area contributed by atoms with Crippen LogP contribution in [-0.4, -0.2) is 35.6 Å². The number of carbonyl (C=O) groups is 2. The Kier molecular flexibility index (Phi) is 4.93. The van der Waals surface area contributed by atoms with Gasteiger partial charge in [0, 0.05) is 17.8 Å². The lowest BCUT2D eigenvalue weighted by Crippen LogP contribution is -2.13. The van der Waals surface area contributed by atoms with Crippen LogP contribution >= 0.6 is 0 Å². The molecule has 0 radical (unpaired) electrons. The zero-order valence-electron chi connectivity index (χ0n) is 14.1. The lowest BCUT2D eigenvalue weighted by Gasteiger charge is -2.12. The van der Waals surface area contributed by atoms with Gasteiger partial charge in [-0.3, -0.25) is 10.1 Å². The summed E-state index contributed by atoms with van der Waals surface area (Å²) < 4.78 is 10.5. The molecule has 0 fully saturated rings. The van der Waals surface area contributed by atoms with Crippen LogP contribution in [0, 0.1) is 28.4 Å². The van der Waals surface area contributed by atoms with Crippen molar-refractivity contribution in [1.29, 1.82) is 5.26 Å². The summed E-state index contributed by atoms with van der Waals surface area (Å²) in [5.74, 6) is -1.63. The van der Waals surface area contributed by atoms with Gasteiger partial charge in [-0.15, -0.1) is 0 Å². The predicted molar refractivity (Wildman–Crippen MR) is 89.0 cm³/mol. The first-order chi connectivity index (χ1) is 12.3. The fraction of sp³-hybridized carbons (Fsp3) is 0.188. The topological polar surface area (TPSA) is 150 Å². The van der Waals surface area contributed by atoms with Crippen molar-refractivity contribution in [2.24, 2.45) is 0 Å². The van der Waals surface area contributed by atoms with Crippen LogP contribution in [0.1, 0.15) is 32.0 Å². The van der Waals surface area contributed by atoms with Crippen molar-refractivity contribution in [3.05, 3.63) is 50.8 Å². The molecule has 10 heteroatoms. The Labute approximate surface area is 147 Å². The van der Waals surface area contributed by atoms with Crippen LogP contribution in [0.3, 0.4) is 0 Å². The number of nitriles is 1. The van der Waals surface area contributed by atoms with Crippen molar-refractivity contribution >= 4 is 23.3 Å². The zero-order valence-corrected chi connectivity index (χ0v) is 14.1. The minimum atomic E-state index is -0.841. The van der Waals surface area contributed by atoms with E-state index in [0.717, 1.165) is 20.3 Å². The van der Waals surface area contributed by atoms with Crippen LogP contribution in [0.2, 0.25) is 0 Å². The van der Waals surface area contributed by atoms with Gasteiger partial charge in [-0.25, -0.2) is 9.59 Å². The first-order valence-electron chi connectivity index (χ1n) is 7.13. The Morgan fingerprint density at radius 3 is 2.38 bits per heavy atom. The molecule has 0 unspecified atom stereocenters. The summed E-state index contributed by atoms with van der Waals surface area (Å²) >= 11 is 0. The summed E-state index contributed by atoms with van der Waals surface area (Å²) in [6.45, 7) is 1.40. The third kappa shape index (κ3) is 2.93. The van der Waals surface area contributed by atoms with E-state index in [9.17, 15) is 19.7 Å². The summed E-state index contributed by atoms with van der Waals surface area (Å²) in [6, 6.07) is 4.29. The highest BCUT2D eigenvalue weighted by Gasteiger charge is 2.26. The first kappa shape index (κ1) is 18.5. The van der Waals surface area contributed by atoms with Crippen molar-refractivity contribution in [2.45, 2.75) is 6.92 Å². The fourth-order valence-corrected chi connectivity index (χ4v) is 2.45. The SMILES string of the molecule is COC(=O)c1cc(-n2cc(C#N)c(N)c2C(=O)OC)cc([N+](=O)[O-])c1C. The van der Waals surface area contributed by atoms with Crippen LogP contribution < -0.4 is 5.73 Å². The normalized spacial score (nSPS) is 10.1. The summed E-state index contributed by atoms with van der Waals surface area (Å²) in [6.07, 6.45) is 1.23. The Morgan fingerprint density at radius 1 is 1.27 bits per heavy atom. The van der Waals surface area contributed by atoms with Crippen molar-refractivity contribution in [2.75, 3.05) is 20.0 Å². The molecule has 0 spiro atoms. The van der Waals surface area contributed by atoms with E-state index < -0.39 is 16.9 Å². The summed E-state index contributed by atoms with van der Waals surface area (Å²) in [4.78, 5) is 34.7. The smallest absolute Gasteiger partial charge is 0.357 e. The second-order valence-electron chi connectivity index (χ2n) is 5.16. The quantitative estimate of drug-likeness (QED) is 0.493. The van der Waals surface area contributed by atoms with Gasteiger partial charge in [0.05, 0.1) is 41.6 Å². The van der Waals surface area contributed by atoms with E-state index >= 15 is 0 Å². The number of rotatable bonds is 4. The Bertz CT molecular complexity index is 970. The number of hydrogen-bond donors (Lipinski definition) is 1. The fourth-order valence-electron chi connectivity index (χ4n) is 2.45. The largest absolute Gasteiger partial charge is 0.465 e. The van der Waals surface area contributed by atoms with E-state index in [0.29, 0.717) is 0 Å².